The van der Waals surface area contributed by atoms with E-state index < -0.39 is 17.4 Å². The first-order valence-electron chi connectivity index (χ1n) is 10.9. The number of benzene rings is 1. The molecule has 0 saturated heterocycles. The second kappa shape index (κ2) is 13.4. The van der Waals surface area contributed by atoms with Gasteiger partial charge in [0.1, 0.15) is 0 Å². The predicted octanol–water partition coefficient (Wildman–Crippen LogP) is 6.33. The van der Waals surface area contributed by atoms with E-state index >= 15 is 0 Å². The maximum Gasteiger partial charge on any atom is 0.309 e. The molecule has 0 radical (unpaired) electrons. The fourth-order valence-electron chi connectivity index (χ4n) is 4.11. The molecule has 0 aliphatic rings. The third-order valence-corrected chi connectivity index (χ3v) is 5.86. The largest absolute Gasteiger partial charge is 0.481 e. The molecular formula is C24H38O4. The van der Waals surface area contributed by atoms with Crippen molar-refractivity contribution < 1.29 is 19.8 Å². The lowest BCUT2D eigenvalue weighted by Crippen LogP contribution is -2.36. The summed E-state index contributed by atoms with van der Waals surface area (Å²) in [4.78, 5) is 23.1. The molecule has 0 amide bonds. The van der Waals surface area contributed by atoms with Crippen LogP contribution in [0.4, 0.5) is 0 Å². The summed E-state index contributed by atoms with van der Waals surface area (Å²) in [5.74, 6) is -1.01. The van der Waals surface area contributed by atoms with Gasteiger partial charge in [0, 0.05) is 6.42 Å². The van der Waals surface area contributed by atoms with E-state index in [4.69, 9.17) is 5.11 Å². The summed E-state index contributed by atoms with van der Waals surface area (Å²) in [5, 5.41) is 19.0. The van der Waals surface area contributed by atoms with Gasteiger partial charge in [-0.2, -0.15) is 0 Å². The minimum Gasteiger partial charge on any atom is -0.481 e. The normalized spacial score (nSPS) is 14.4. The van der Waals surface area contributed by atoms with Crippen molar-refractivity contribution in [3.8, 4) is 0 Å². The minimum atomic E-state index is -0.759. The topological polar surface area (TPSA) is 74.6 Å². The van der Waals surface area contributed by atoms with E-state index in [-0.39, 0.29) is 6.42 Å². The number of hydrogen-bond donors (Lipinski definition) is 2. The van der Waals surface area contributed by atoms with Gasteiger partial charge in [-0.3, -0.25) is 9.59 Å². The number of carboxylic acids is 2. The Balaban J connectivity index is 2.85. The molecule has 0 aliphatic carbocycles. The highest BCUT2D eigenvalue weighted by Gasteiger charge is 2.39. The summed E-state index contributed by atoms with van der Waals surface area (Å²) in [6, 6.07) is 9.96. The SMILES string of the molecule is CCCCC(CC)CC(CCCCCCC(=O)O)(Cc1ccccc1)C(=O)O. The molecule has 0 saturated carbocycles. The zero-order valence-corrected chi connectivity index (χ0v) is 17.7. The smallest absolute Gasteiger partial charge is 0.309 e. The van der Waals surface area contributed by atoms with E-state index in [1.807, 2.05) is 30.3 Å². The van der Waals surface area contributed by atoms with Gasteiger partial charge in [-0.25, -0.2) is 0 Å². The Morgan fingerprint density at radius 2 is 1.64 bits per heavy atom. The van der Waals surface area contributed by atoms with Crippen molar-refractivity contribution in [2.24, 2.45) is 11.3 Å². The maximum absolute atomic E-state index is 12.5. The molecule has 0 bridgehead atoms. The number of aliphatic carboxylic acids is 2. The number of carboxylic acid groups (broad SMARTS) is 2. The van der Waals surface area contributed by atoms with Crippen molar-refractivity contribution in [2.75, 3.05) is 0 Å². The Bertz CT molecular complexity index is 569. The second-order valence-electron chi connectivity index (χ2n) is 8.18. The molecule has 0 fully saturated rings. The van der Waals surface area contributed by atoms with E-state index in [2.05, 4.69) is 13.8 Å². The summed E-state index contributed by atoms with van der Waals surface area (Å²) < 4.78 is 0. The van der Waals surface area contributed by atoms with Crippen molar-refractivity contribution in [2.45, 2.75) is 90.9 Å². The molecule has 1 rings (SSSR count). The van der Waals surface area contributed by atoms with Crippen LogP contribution in [-0.2, 0) is 16.0 Å². The molecule has 4 nitrogen and oxygen atoms in total. The molecule has 28 heavy (non-hydrogen) atoms. The van der Waals surface area contributed by atoms with Gasteiger partial charge in [0.25, 0.3) is 0 Å². The maximum atomic E-state index is 12.5. The molecule has 0 heterocycles. The number of unbranched alkanes of at least 4 members (excludes halogenated alkanes) is 4. The first kappa shape index (κ1) is 24.2. The van der Waals surface area contributed by atoms with Crippen LogP contribution in [-0.4, -0.2) is 22.2 Å². The molecule has 2 N–H and O–H groups in total. The lowest BCUT2D eigenvalue weighted by molar-refractivity contribution is -0.151. The van der Waals surface area contributed by atoms with Crippen LogP contribution in [0.5, 0.6) is 0 Å². The van der Waals surface area contributed by atoms with Crippen molar-refractivity contribution in [1.82, 2.24) is 0 Å². The first-order valence-corrected chi connectivity index (χ1v) is 10.9. The standard InChI is InChI=1S/C24H38O4/c1-3-5-13-20(4-2)18-24(23(27)28,19-21-14-9-8-10-15-21)17-12-7-6-11-16-22(25)26/h8-10,14-15,20H,3-7,11-13,16-19H2,1-2H3,(H,25,26)(H,27,28). The highest BCUT2D eigenvalue weighted by Crippen LogP contribution is 2.39. The number of carbonyl (C=O) groups is 2. The minimum absolute atomic E-state index is 0.197. The molecule has 2 atom stereocenters. The van der Waals surface area contributed by atoms with Crippen LogP contribution in [0.25, 0.3) is 0 Å². The van der Waals surface area contributed by atoms with Crippen molar-refractivity contribution in [3.05, 3.63) is 35.9 Å². The van der Waals surface area contributed by atoms with Crippen LogP contribution in [0.2, 0.25) is 0 Å². The van der Waals surface area contributed by atoms with Crippen LogP contribution < -0.4 is 0 Å². The monoisotopic (exact) mass is 390 g/mol. The van der Waals surface area contributed by atoms with Crippen molar-refractivity contribution in [3.63, 3.8) is 0 Å². The average Bonchev–Trinajstić information content (AvgIpc) is 2.67. The number of rotatable bonds is 16. The van der Waals surface area contributed by atoms with Crippen molar-refractivity contribution in [1.29, 1.82) is 0 Å². The molecule has 0 aliphatic heterocycles. The van der Waals surface area contributed by atoms with E-state index in [1.54, 1.807) is 0 Å². The fraction of sp³-hybridized carbons (Fsp3) is 0.667. The van der Waals surface area contributed by atoms with Gasteiger partial charge < -0.3 is 10.2 Å². The van der Waals surface area contributed by atoms with Gasteiger partial charge in [-0.15, -0.1) is 0 Å². The van der Waals surface area contributed by atoms with Gasteiger partial charge in [0.2, 0.25) is 0 Å². The Morgan fingerprint density at radius 1 is 0.964 bits per heavy atom. The quantitative estimate of drug-likeness (QED) is 0.323. The molecule has 158 valence electrons. The highest BCUT2D eigenvalue weighted by atomic mass is 16.4. The third-order valence-electron chi connectivity index (χ3n) is 5.86. The van der Waals surface area contributed by atoms with Crippen LogP contribution in [0.15, 0.2) is 30.3 Å². The predicted molar refractivity (Wildman–Crippen MR) is 113 cm³/mol. The lowest BCUT2D eigenvalue weighted by atomic mass is 9.70. The van der Waals surface area contributed by atoms with Gasteiger partial charge in [0.05, 0.1) is 5.41 Å². The molecule has 0 spiro atoms. The Labute approximate surface area is 170 Å². The summed E-state index contributed by atoms with van der Waals surface area (Å²) in [6.07, 6.45) is 9.79. The van der Waals surface area contributed by atoms with Gasteiger partial charge in [0.15, 0.2) is 0 Å². The summed E-state index contributed by atoms with van der Waals surface area (Å²) in [7, 11) is 0. The number of hydrogen-bond acceptors (Lipinski definition) is 2. The summed E-state index contributed by atoms with van der Waals surface area (Å²) in [5.41, 5.74) is 0.351. The Morgan fingerprint density at radius 3 is 2.21 bits per heavy atom. The molecule has 0 aromatic heterocycles. The Kier molecular flexibility index (Phi) is 11.5. The highest BCUT2D eigenvalue weighted by molar-refractivity contribution is 5.75. The molecular weight excluding hydrogens is 352 g/mol. The average molecular weight is 391 g/mol. The second-order valence-corrected chi connectivity index (χ2v) is 8.18. The zero-order valence-electron chi connectivity index (χ0n) is 17.7. The van der Waals surface area contributed by atoms with E-state index in [0.717, 1.165) is 56.9 Å². The molecule has 1 aromatic rings. The first-order chi connectivity index (χ1) is 13.4. The lowest BCUT2D eigenvalue weighted by Gasteiger charge is -2.33. The van der Waals surface area contributed by atoms with E-state index in [0.29, 0.717) is 25.2 Å². The Hall–Kier alpha value is -1.84. The van der Waals surface area contributed by atoms with Crippen LogP contribution in [0.1, 0.15) is 90.0 Å². The van der Waals surface area contributed by atoms with Gasteiger partial charge >= 0.3 is 11.9 Å². The van der Waals surface area contributed by atoms with Crippen molar-refractivity contribution >= 4 is 11.9 Å². The third kappa shape index (κ3) is 8.90. The zero-order chi connectivity index (χ0) is 20.8. The molecule has 4 heteroatoms. The summed E-state index contributed by atoms with van der Waals surface area (Å²) in [6.45, 7) is 4.35. The fourth-order valence-corrected chi connectivity index (χ4v) is 4.11. The molecule has 1 aromatic carbocycles. The van der Waals surface area contributed by atoms with Crippen LogP contribution in [0, 0.1) is 11.3 Å². The molecule has 2 unspecified atom stereocenters. The summed E-state index contributed by atoms with van der Waals surface area (Å²) >= 11 is 0. The van der Waals surface area contributed by atoms with E-state index in [1.165, 1.54) is 0 Å². The van der Waals surface area contributed by atoms with Crippen LogP contribution >= 0.6 is 0 Å². The van der Waals surface area contributed by atoms with Gasteiger partial charge in [-0.1, -0.05) is 89.1 Å². The van der Waals surface area contributed by atoms with Crippen LogP contribution in [0.3, 0.4) is 0 Å². The van der Waals surface area contributed by atoms with E-state index in [9.17, 15) is 14.7 Å². The van der Waals surface area contributed by atoms with Gasteiger partial charge in [-0.05, 0) is 37.2 Å².